The summed E-state index contributed by atoms with van der Waals surface area (Å²) >= 11 is 0. The molecule has 3 aromatic rings. The molecule has 3 heterocycles. The van der Waals surface area contributed by atoms with Gasteiger partial charge in [0.25, 0.3) is 5.82 Å². The summed E-state index contributed by atoms with van der Waals surface area (Å²) in [5.74, 6) is -0.773. The summed E-state index contributed by atoms with van der Waals surface area (Å²) in [5.41, 5.74) is 2.42. The highest BCUT2D eigenvalue weighted by atomic mass is 19.4. The Hall–Kier alpha value is -3.94. The van der Waals surface area contributed by atoms with Gasteiger partial charge in [0.15, 0.2) is 0 Å². The molecule has 1 amide bonds. The summed E-state index contributed by atoms with van der Waals surface area (Å²) in [6, 6.07) is 9.97. The third kappa shape index (κ3) is 4.07. The van der Waals surface area contributed by atoms with Crippen LogP contribution in [0.2, 0.25) is 0 Å². The molecule has 0 radical (unpaired) electrons. The number of hydrogen-bond donors (Lipinski definition) is 0. The Labute approximate surface area is 168 Å². The summed E-state index contributed by atoms with van der Waals surface area (Å²) < 4.78 is 43.3. The zero-order chi connectivity index (χ0) is 21.3. The fraction of sp³-hybridized carbons (Fsp3) is 0.211. The number of alkyl halides is 3. The number of hydrogen-bond acceptors (Lipinski definition) is 6. The fourth-order valence-electron chi connectivity index (χ4n) is 3.20. The van der Waals surface area contributed by atoms with Crippen LogP contribution in [0.1, 0.15) is 17.0 Å². The van der Waals surface area contributed by atoms with Crippen molar-refractivity contribution in [3.05, 3.63) is 59.8 Å². The number of benzene rings is 1. The maximum absolute atomic E-state index is 12.7. The van der Waals surface area contributed by atoms with E-state index in [4.69, 9.17) is 5.26 Å². The molecule has 0 bridgehead atoms. The monoisotopic (exact) mass is 414 g/mol. The second kappa shape index (κ2) is 7.47. The van der Waals surface area contributed by atoms with E-state index in [9.17, 15) is 18.0 Å². The smallest absolute Gasteiger partial charge is 0.387 e. The maximum Gasteiger partial charge on any atom is 0.574 e. The number of nitrogens with zero attached hydrogens (tertiary/aromatic N) is 6. The molecule has 0 saturated heterocycles. The first-order valence-corrected chi connectivity index (χ1v) is 8.72. The largest absolute Gasteiger partial charge is 0.574 e. The van der Waals surface area contributed by atoms with Crippen molar-refractivity contribution in [3.63, 3.8) is 0 Å². The number of amides is 1. The first-order chi connectivity index (χ1) is 14.3. The molecule has 0 N–H and O–H groups in total. The van der Waals surface area contributed by atoms with Crippen LogP contribution in [0.15, 0.2) is 42.9 Å². The van der Waals surface area contributed by atoms with Crippen LogP contribution in [-0.2, 0) is 24.4 Å². The van der Waals surface area contributed by atoms with Crippen molar-refractivity contribution in [2.75, 3.05) is 0 Å². The predicted octanol–water partition coefficient (Wildman–Crippen LogP) is 2.65. The highest BCUT2D eigenvalue weighted by Gasteiger charge is 2.33. The quantitative estimate of drug-likeness (QED) is 0.651. The lowest BCUT2D eigenvalue weighted by Crippen LogP contribution is -2.29. The minimum Gasteiger partial charge on any atom is -0.387 e. The van der Waals surface area contributed by atoms with Gasteiger partial charge in [0.05, 0.1) is 0 Å². The lowest BCUT2D eigenvalue weighted by molar-refractivity contribution is -0.275. The summed E-state index contributed by atoms with van der Waals surface area (Å²) in [7, 11) is 0. The molecule has 0 aliphatic carbocycles. The normalized spacial score (nSPS) is 13.1. The van der Waals surface area contributed by atoms with E-state index >= 15 is 0 Å². The third-order valence-corrected chi connectivity index (χ3v) is 4.51. The Balaban J connectivity index is 1.52. The number of pyridine rings is 1. The van der Waals surface area contributed by atoms with Crippen LogP contribution < -0.4 is 4.74 Å². The van der Waals surface area contributed by atoms with Crippen molar-refractivity contribution >= 4 is 5.91 Å². The number of rotatable bonds is 4. The zero-order valence-electron chi connectivity index (χ0n) is 15.3. The van der Waals surface area contributed by atoms with Crippen molar-refractivity contribution < 1.29 is 22.7 Å². The molecule has 30 heavy (non-hydrogen) atoms. The molecular formula is C19H13F3N6O2. The SMILES string of the molecule is N#Cc1ncn(CC(=O)N2Cc3ccc(-c4cccnc4OC(F)(F)F)cc3C2)n1. The number of fused-ring (bicyclic) bond motifs is 1. The molecule has 1 aliphatic heterocycles. The van der Waals surface area contributed by atoms with Gasteiger partial charge in [-0.25, -0.2) is 14.6 Å². The minimum absolute atomic E-state index is 0.0227. The number of aromatic nitrogens is 4. The van der Waals surface area contributed by atoms with Crippen LogP contribution in [0.3, 0.4) is 0 Å². The summed E-state index contributed by atoms with van der Waals surface area (Å²) in [4.78, 5) is 21.6. The molecule has 2 aromatic heterocycles. The molecule has 1 aromatic carbocycles. The highest BCUT2D eigenvalue weighted by Crippen LogP contribution is 2.34. The van der Waals surface area contributed by atoms with E-state index in [1.807, 2.05) is 0 Å². The molecule has 8 nitrogen and oxygen atoms in total. The van der Waals surface area contributed by atoms with Crippen LogP contribution >= 0.6 is 0 Å². The Kier molecular flexibility index (Phi) is 4.83. The molecule has 4 rings (SSSR count). The van der Waals surface area contributed by atoms with Crippen molar-refractivity contribution in [2.45, 2.75) is 26.0 Å². The van der Waals surface area contributed by atoms with Crippen molar-refractivity contribution in [1.29, 1.82) is 5.26 Å². The van der Waals surface area contributed by atoms with Crippen LogP contribution in [-0.4, -0.2) is 36.9 Å². The molecule has 1 aliphatic rings. The average Bonchev–Trinajstić information content (AvgIpc) is 3.33. The van der Waals surface area contributed by atoms with Crippen molar-refractivity contribution in [1.82, 2.24) is 24.6 Å². The highest BCUT2D eigenvalue weighted by molar-refractivity contribution is 5.77. The van der Waals surface area contributed by atoms with E-state index in [0.29, 0.717) is 18.7 Å². The Bertz CT molecular complexity index is 1150. The Morgan fingerprint density at radius 2 is 2.00 bits per heavy atom. The number of ether oxygens (including phenoxy) is 1. The first kappa shape index (κ1) is 19.4. The van der Waals surface area contributed by atoms with Gasteiger partial charge in [-0.3, -0.25) is 4.79 Å². The molecule has 152 valence electrons. The predicted molar refractivity (Wildman–Crippen MR) is 95.3 cm³/mol. The van der Waals surface area contributed by atoms with Gasteiger partial charge in [0.1, 0.15) is 18.9 Å². The molecule has 0 saturated carbocycles. The number of nitriles is 1. The van der Waals surface area contributed by atoms with E-state index in [2.05, 4.69) is 19.8 Å². The second-order valence-corrected chi connectivity index (χ2v) is 6.51. The third-order valence-electron chi connectivity index (χ3n) is 4.51. The van der Waals surface area contributed by atoms with Crippen LogP contribution in [0, 0.1) is 11.3 Å². The lowest BCUT2D eigenvalue weighted by Gasteiger charge is -2.14. The van der Waals surface area contributed by atoms with Gasteiger partial charge in [-0.2, -0.15) is 5.26 Å². The van der Waals surface area contributed by atoms with Gasteiger partial charge in [-0.05, 0) is 34.9 Å². The van der Waals surface area contributed by atoms with E-state index in [1.165, 1.54) is 29.3 Å². The second-order valence-electron chi connectivity index (χ2n) is 6.51. The average molecular weight is 414 g/mol. The topological polar surface area (TPSA) is 96.9 Å². The van der Waals surface area contributed by atoms with Crippen LogP contribution in [0.5, 0.6) is 5.88 Å². The molecule has 0 unspecified atom stereocenters. The van der Waals surface area contributed by atoms with E-state index < -0.39 is 12.2 Å². The lowest BCUT2D eigenvalue weighted by atomic mass is 10.0. The minimum atomic E-state index is -4.85. The molecule has 0 atom stereocenters. The van der Waals surface area contributed by atoms with E-state index in [0.717, 1.165) is 11.1 Å². The Morgan fingerprint density at radius 3 is 2.73 bits per heavy atom. The van der Waals surface area contributed by atoms with Gasteiger partial charge < -0.3 is 9.64 Å². The fourth-order valence-corrected chi connectivity index (χ4v) is 3.20. The van der Waals surface area contributed by atoms with Crippen LogP contribution in [0.25, 0.3) is 11.1 Å². The summed E-state index contributed by atoms with van der Waals surface area (Å²) in [5, 5.41) is 12.6. The summed E-state index contributed by atoms with van der Waals surface area (Å²) in [6.45, 7) is 0.604. The van der Waals surface area contributed by atoms with Gasteiger partial charge in [0.2, 0.25) is 11.8 Å². The van der Waals surface area contributed by atoms with Gasteiger partial charge in [-0.1, -0.05) is 12.1 Å². The van der Waals surface area contributed by atoms with E-state index in [1.54, 1.807) is 29.2 Å². The zero-order valence-corrected chi connectivity index (χ0v) is 15.3. The molecular weight excluding hydrogens is 401 g/mol. The number of carbonyl (C=O) groups is 1. The molecule has 0 fully saturated rings. The van der Waals surface area contributed by atoms with Crippen LogP contribution in [0.4, 0.5) is 13.2 Å². The molecule has 11 heteroatoms. The van der Waals surface area contributed by atoms with Crippen molar-refractivity contribution in [2.24, 2.45) is 0 Å². The van der Waals surface area contributed by atoms with E-state index in [-0.39, 0.29) is 23.8 Å². The molecule has 0 spiro atoms. The maximum atomic E-state index is 12.7. The van der Waals surface area contributed by atoms with Gasteiger partial charge >= 0.3 is 6.36 Å². The first-order valence-electron chi connectivity index (χ1n) is 8.72. The van der Waals surface area contributed by atoms with Gasteiger partial charge in [0, 0.05) is 24.8 Å². The van der Waals surface area contributed by atoms with Crippen molar-refractivity contribution in [3.8, 4) is 23.1 Å². The summed E-state index contributed by atoms with van der Waals surface area (Å²) in [6.07, 6.45) is -2.32. The number of carbonyl (C=O) groups excluding carboxylic acids is 1. The number of halogens is 3. The Morgan fingerprint density at radius 1 is 1.20 bits per heavy atom. The van der Waals surface area contributed by atoms with Gasteiger partial charge in [-0.15, -0.1) is 18.3 Å². The standard InChI is InChI=1S/C19H13F3N6O2/c20-19(21,22)30-18-15(2-1-5-24-18)12-3-4-13-8-27(9-14(13)6-12)17(29)10-28-11-25-16(7-23)26-28/h1-6,11H,8-10H2.